The number of allylic oxidation sites excluding steroid dienone is 14. The molecule has 2 aromatic rings. The molecule has 0 saturated carbocycles. The Morgan fingerprint density at radius 1 is 0.812 bits per heavy atom. The number of benzene rings is 2. The maximum absolute atomic E-state index is 10.1. The van der Waals surface area contributed by atoms with Crippen LogP contribution in [0.4, 0.5) is 0 Å². The number of nitrogens with one attached hydrogen (secondary N) is 1. The molecule has 0 aromatic heterocycles. The molecule has 1 saturated heterocycles. The van der Waals surface area contributed by atoms with Crippen molar-refractivity contribution in [2.75, 3.05) is 33.2 Å². The number of rotatable bonds is 9. The van der Waals surface area contributed by atoms with E-state index in [-0.39, 0.29) is 22.4 Å². The van der Waals surface area contributed by atoms with Gasteiger partial charge in [0.05, 0.1) is 35.9 Å². The fourth-order valence-electron chi connectivity index (χ4n) is 5.69. The van der Waals surface area contributed by atoms with E-state index in [2.05, 4.69) is 39.7 Å². The van der Waals surface area contributed by atoms with Crippen LogP contribution in [0.3, 0.4) is 0 Å². The fraction of sp³-hybridized carbons (Fsp3) is 0.175. The molecule has 0 atom stereocenters. The molecule has 8 nitrogen and oxygen atoms in total. The third-order valence-corrected chi connectivity index (χ3v) is 8.06. The van der Waals surface area contributed by atoms with E-state index in [1.807, 2.05) is 54.6 Å². The van der Waals surface area contributed by atoms with Gasteiger partial charge in [0.25, 0.3) is 5.70 Å². The lowest BCUT2D eigenvalue weighted by molar-refractivity contribution is 0.188. The van der Waals surface area contributed by atoms with Crippen molar-refractivity contribution in [2.45, 2.75) is 12.8 Å². The Labute approximate surface area is 282 Å². The summed E-state index contributed by atoms with van der Waals surface area (Å²) in [5, 5.41) is 47.1. The van der Waals surface area contributed by atoms with Gasteiger partial charge in [0.15, 0.2) is 0 Å². The number of hydrogen-bond donors (Lipinski definition) is 1. The SMILES string of the molecule is [C-]#[N+]/C(C#N)=C(/C(C#N)=C/C=C/C1=C(N2CCN(C)CC2)C(=C/C=C/C(C#N)=C(/C(=C=N)C#N)c2ccccc2)/CC1)c1ccccc1. The van der Waals surface area contributed by atoms with Crippen molar-refractivity contribution in [3.63, 3.8) is 0 Å². The van der Waals surface area contributed by atoms with Gasteiger partial charge in [0.1, 0.15) is 11.6 Å². The predicted molar refractivity (Wildman–Crippen MR) is 187 cm³/mol. The van der Waals surface area contributed by atoms with E-state index in [0.717, 1.165) is 55.9 Å². The van der Waals surface area contributed by atoms with Crippen LogP contribution in [0.15, 0.2) is 136 Å². The van der Waals surface area contributed by atoms with Crippen molar-refractivity contribution in [3.8, 4) is 24.3 Å². The molecule has 1 fully saturated rings. The largest absolute Gasteiger partial charge is 0.369 e. The van der Waals surface area contributed by atoms with Crippen molar-refractivity contribution in [3.05, 3.63) is 159 Å². The van der Waals surface area contributed by atoms with Gasteiger partial charge in [-0.1, -0.05) is 85.0 Å². The van der Waals surface area contributed by atoms with Crippen molar-refractivity contribution in [2.24, 2.45) is 0 Å². The minimum atomic E-state index is -0.142. The van der Waals surface area contributed by atoms with Crippen LogP contribution in [0.2, 0.25) is 0 Å². The first-order valence-electron chi connectivity index (χ1n) is 15.3. The summed E-state index contributed by atoms with van der Waals surface area (Å²) in [7, 11) is 2.10. The maximum Gasteiger partial charge on any atom is 0.270 e. The standard InChI is InChI=1S/C40H32N8/c1-46-37(29-45)39(31-13-7-4-8-14-31)35(26-42)18-10-16-33-20-19-32(40(33)48-23-21-47(2)22-24-48)15-9-17-34(25-41)38(36(27-43)28-44)30-11-5-3-6-12-30/h3-18,43H,19-24H2,2H3/b16-10+,17-9+,32-15+,35-18+,38-34-,39-37+. The Balaban J connectivity index is 1.76. The zero-order valence-electron chi connectivity index (χ0n) is 26.6. The smallest absolute Gasteiger partial charge is 0.270 e. The Morgan fingerprint density at radius 2 is 1.46 bits per heavy atom. The number of likely N-dealkylation sites (N-methyl/N-ethyl adjacent to an activating group) is 1. The average molecular weight is 625 g/mol. The zero-order valence-corrected chi connectivity index (χ0v) is 26.6. The van der Waals surface area contributed by atoms with Crippen molar-refractivity contribution < 1.29 is 0 Å². The van der Waals surface area contributed by atoms with Crippen LogP contribution in [0, 0.1) is 57.3 Å². The fourth-order valence-corrected chi connectivity index (χ4v) is 5.69. The van der Waals surface area contributed by atoms with Crippen molar-refractivity contribution >= 4 is 17.0 Å². The second-order valence-electron chi connectivity index (χ2n) is 11.0. The average Bonchev–Trinajstić information content (AvgIpc) is 3.53. The maximum atomic E-state index is 10.1. The van der Waals surface area contributed by atoms with Crippen LogP contribution in [0.1, 0.15) is 24.0 Å². The first-order valence-corrected chi connectivity index (χ1v) is 15.3. The molecule has 48 heavy (non-hydrogen) atoms. The quantitative estimate of drug-likeness (QED) is 0.135. The molecular weight excluding hydrogens is 592 g/mol. The van der Waals surface area contributed by atoms with E-state index >= 15 is 0 Å². The second kappa shape index (κ2) is 17.1. The third-order valence-electron chi connectivity index (χ3n) is 8.06. The van der Waals surface area contributed by atoms with E-state index in [9.17, 15) is 21.0 Å². The van der Waals surface area contributed by atoms with Crippen molar-refractivity contribution in [1.29, 1.82) is 26.5 Å². The lowest BCUT2D eigenvalue weighted by Gasteiger charge is -2.36. The van der Waals surface area contributed by atoms with Crippen LogP contribution in [0.25, 0.3) is 16.0 Å². The summed E-state index contributed by atoms with van der Waals surface area (Å²) in [4.78, 5) is 8.04. The highest BCUT2D eigenvalue weighted by molar-refractivity contribution is 5.95. The molecule has 8 heteroatoms. The summed E-state index contributed by atoms with van der Waals surface area (Å²) in [6.07, 6.45) is 12.5. The molecule has 0 amide bonds. The van der Waals surface area contributed by atoms with E-state index in [4.69, 9.17) is 12.0 Å². The van der Waals surface area contributed by atoms with E-state index < -0.39 is 0 Å². The Morgan fingerprint density at radius 3 is 2.00 bits per heavy atom. The highest BCUT2D eigenvalue weighted by Gasteiger charge is 2.25. The van der Waals surface area contributed by atoms with Crippen LogP contribution in [-0.2, 0) is 0 Å². The molecule has 0 spiro atoms. The molecule has 0 radical (unpaired) electrons. The Hall–Kier alpha value is -6.72. The van der Waals surface area contributed by atoms with Gasteiger partial charge in [-0.3, -0.25) is 5.41 Å². The minimum absolute atomic E-state index is 0.0188. The molecule has 1 N–H and O–H groups in total. The molecule has 0 unspecified atom stereocenters. The molecule has 232 valence electrons. The monoisotopic (exact) mass is 624 g/mol. The topological polar surface area (TPSA) is 130 Å². The molecule has 2 aromatic carbocycles. The van der Waals surface area contributed by atoms with E-state index in [0.29, 0.717) is 22.3 Å². The lowest BCUT2D eigenvalue weighted by atomic mass is 9.94. The summed E-state index contributed by atoms with van der Waals surface area (Å²) < 4.78 is 0. The molecule has 1 aliphatic carbocycles. The second-order valence-corrected chi connectivity index (χ2v) is 11.0. The first kappa shape index (κ1) is 34.2. The van der Waals surface area contributed by atoms with Gasteiger partial charge in [-0.15, -0.1) is 0 Å². The van der Waals surface area contributed by atoms with E-state index in [1.54, 1.807) is 54.6 Å². The van der Waals surface area contributed by atoms with Crippen LogP contribution >= 0.6 is 0 Å². The van der Waals surface area contributed by atoms with Crippen molar-refractivity contribution in [1.82, 2.24) is 9.80 Å². The van der Waals surface area contributed by atoms with Crippen LogP contribution in [-0.4, -0.2) is 48.9 Å². The van der Waals surface area contributed by atoms with Gasteiger partial charge >= 0.3 is 0 Å². The number of nitriles is 4. The normalized spacial score (nSPS) is 17.1. The lowest BCUT2D eigenvalue weighted by Crippen LogP contribution is -2.44. The Kier molecular flexibility index (Phi) is 12.2. The molecule has 4 rings (SSSR count). The molecule has 0 bridgehead atoms. The predicted octanol–water partition coefficient (Wildman–Crippen LogP) is 7.30. The summed E-state index contributed by atoms with van der Waals surface area (Å²) in [5.41, 5.74) is 5.58. The van der Waals surface area contributed by atoms with Crippen LogP contribution < -0.4 is 0 Å². The van der Waals surface area contributed by atoms with Gasteiger partial charge < -0.3 is 9.80 Å². The summed E-state index contributed by atoms with van der Waals surface area (Å²) >= 11 is 0. The molecule has 1 heterocycles. The van der Waals surface area contributed by atoms with Gasteiger partial charge in [-0.2, -0.15) is 15.8 Å². The summed E-state index contributed by atoms with van der Waals surface area (Å²) in [6.45, 7) is 11.0. The van der Waals surface area contributed by atoms with Gasteiger partial charge in [0.2, 0.25) is 0 Å². The first-order chi connectivity index (χ1) is 23.5. The van der Waals surface area contributed by atoms with Gasteiger partial charge in [-0.05, 0) is 60.2 Å². The van der Waals surface area contributed by atoms with Gasteiger partial charge in [-0.25, -0.2) is 10.1 Å². The molecular formula is C40H32N8. The highest BCUT2D eigenvalue weighted by Crippen LogP contribution is 2.36. The zero-order chi connectivity index (χ0) is 34.3. The highest BCUT2D eigenvalue weighted by atomic mass is 15.3. The number of hydrogen-bond acceptors (Lipinski definition) is 7. The van der Waals surface area contributed by atoms with Gasteiger partial charge in [0, 0.05) is 43.0 Å². The van der Waals surface area contributed by atoms with E-state index in [1.165, 1.54) is 0 Å². The minimum Gasteiger partial charge on any atom is -0.369 e. The molecule has 1 aliphatic heterocycles. The Bertz CT molecular complexity index is 2010. The molecule has 2 aliphatic rings. The summed E-state index contributed by atoms with van der Waals surface area (Å²) in [5.74, 6) is 2.18. The number of nitrogens with zero attached hydrogens (tertiary/aromatic N) is 7. The van der Waals surface area contributed by atoms with Crippen LogP contribution in [0.5, 0.6) is 0 Å². The number of piperazine rings is 1. The summed E-state index contributed by atoms with van der Waals surface area (Å²) in [6, 6.07) is 26.4. The third kappa shape index (κ3) is 8.10.